The van der Waals surface area contributed by atoms with Crippen molar-refractivity contribution >= 4 is 21.8 Å². The first-order chi connectivity index (χ1) is 10.6. The SMILES string of the molecule is CC(C)CN(CC(O)CNC(=O)O)S(=O)(=O)c1ccc(N)cc1. The summed E-state index contributed by atoms with van der Waals surface area (Å²) in [4.78, 5) is 10.5. The second-order valence-electron chi connectivity index (χ2n) is 5.62. The van der Waals surface area contributed by atoms with Crippen LogP contribution in [0, 0.1) is 5.92 Å². The molecule has 0 bridgehead atoms. The van der Waals surface area contributed by atoms with Crippen molar-refractivity contribution in [2.24, 2.45) is 5.92 Å². The molecule has 1 unspecified atom stereocenters. The van der Waals surface area contributed by atoms with Crippen LogP contribution in [0.5, 0.6) is 0 Å². The van der Waals surface area contributed by atoms with E-state index < -0.39 is 22.2 Å². The van der Waals surface area contributed by atoms with Gasteiger partial charge in [0.05, 0.1) is 11.0 Å². The number of aliphatic hydroxyl groups excluding tert-OH is 1. The van der Waals surface area contributed by atoms with Gasteiger partial charge in [-0.05, 0) is 30.2 Å². The largest absolute Gasteiger partial charge is 0.465 e. The third kappa shape index (κ3) is 6.05. The lowest BCUT2D eigenvalue weighted by Crippen LogP contribution is -2.43. The van der Waals surface area contributed by atoms with Crippen molar-refractivity contribution in [3.8, 4) is 0 Å². The van der Waals surface area contributed by atoms with E-state index in [1.807, 2.05) is 19.2 Å². The second-order valence-corrected chi connectivity index (χ2v) is 7.56. The molecule has 0 saturated heterocycles. The maximum absolute atomic E-state index is 12.7. The second kappa shape index (κ2) is 8.14. The predicted octanol–water partition coefficient (Wildman–Crippen LogP) is 0.544. The molecule has 0 aliphatic heterocycles. The van der Waals surface area contributed by atoms with Crippen LogP contribution in [-0.2, 0) is 10.0 Å². The maximum atomic E-state index is 12.7. The summed E-state index contributed by atoms with van der Waals surface area (Å²) in [7, 11) is -3.80. The van der Waals surface area contributed by atoms with Crippen LogP contribution in [0.15, 0.2) is 29.2 Å². The van der Waals surface area contributed by atoms with E-state index in [1.54, 1.807) is 0 Å². The Kier molecular flexibility index (Phi) is 6.79. The summed E-state index contributed by atoms with van der Waals surface area (Å²) >= 11 is 0. The number of nitrogens with two attached hydrogens (primary N) is 1. The van der Waals surface area contributed by atoms with Gasteiger partial charge in [0.15, 0.2) is 0 Å². The fourth-order valence-corrected chi connectivity index (χ4v) is 3.61. The van der Waals surface area contributed by atoms with Crippen LogP contribution in [0.2, 0.25) is 0 Å². The molecule has 1 atom stereocenters. The van der Waals surface area contributed by atoms with Gasteiger partial charge >= 0.3 is 6.09 Å². The van der Waals surface area contributed by atoms with Gasteiger partial charge in [0.2, 0.25) is 10.0 Å². The summed E-state index contributed by atoms with van der Waals surface area (Å²) in [5.74, 6) is 0.0400. The predicted molar refractivity (Wildman–Crippen MR) is 86.5 cm³/mol. The highest BCUT2D eigenvalue weighted by molar-refractivity contribution is 7.89. The summed E-state index contributed by atoms with van der Waals surface area (Å²) in [5.41, 5.74) is 6.01. The molecular formula is C14H23N3O5S. The number of benzene rings is 1. The first kappa shape index (κ1) is 19.2. The summed E-state index contributed by atoms with van der Waals surface area (Å²) in [5, 5.41) is 20.5. The Morgan fingerprint density at radius 3 is 2.30 bits per heavy atom. The molecule has 8 nitrogen and oxygen atoms in total. The average molecular weight is 345 g/mol. The summed E-state index contributed by atoms with van der Waals surface area (Å²) in [6.45, 7) is 3.46. The Bertz CT molecular complexity index is 616. The third-order valence-electron chi connectivity index (χ3n) is 2.99. The van der Waals surface area contributed by atoms with Gasteiger partial charge in [0, 0.05) is 25.3 Å². The van der Waals surface area contributed by atoms with Crippen molar-refractivity contribution < 1.29 is 23.4 Å². The standard InChI is InChI=1S/C14H23N3O5S/c1-10(2)8-17(9-12(18)7-16-14(19)20)23(21,22)13-5-3-11(15)4-6-13/h3-6,10,12,16,18H,7-9,15H2,1-2H3,(H,19,20). The van der Waals surface area contributed by atoms with Gasteiger partial charge in [-0.2, -0.15) is 4.31 Å². The lowest BCUT2D eigenvalue weighted by Gasteiger charge is -2.26. The molecule has 23 heavy (non-hydrogen) atoms. The fraction of sp³-hybridized carbons (Fsp3) is 0.500. The molecule has 1 amide bonds. The highest BCUT2D eigenvalue weighted by atomic mass is 32.2. The molecule has 0 aromatic heterocycles. The van der Waals surface area contributed by atoms with E-state index in [1.165, 1.54) is 24.3 Å². The first-order valence-corrected chi connectivity index (χ1v) is 8.57. The number of nitrogens with one attached hydrogen (secondary N) is 1. The van der Waals surface area contributed by atoms with Gasteiger partial charge in [0.25, 0.3) is 0 Å². The third-order valence-corrected chi connectivity index (χ3v) is 4.84. The van der Waals surface area contributed by atoms with Gasteiger partial charge in [-0.25, -0.2) is 13.2 Å². The number of aliphatic hydroxyl groups is 1. The zero-order valence-electron chi connectivity index (χ0n) is 13.1. The summed E-state index contributed by atoms with van der Waals surface area (Å²) in [6.07, 6.45) is -2.42. The van der Waals surface area contributed by atoms with E-state index in [9.17, 15) is 18.3 Å². The molecule has 0 aliphatic carbocycles. The monoisotopic (exact) mass is 345 g/mol. The number of amides is 1. The van der Waals surface area contributed by atoms with E-state index in [0.717, 1.165) is 4.31 Å². The molecule has 0 heterocycles. The van der Waals surface area contributed by atoms with E-state index in [0.29, 0.717) is 5.69 Å². The number of hydrogen-bond donors (Lipinski definition) is 4. The lowest BCUT2D eigenvalue weighted by atomic mass is 10.2. The highest BCUT2D eigenvalue weighted by Crippen LogP contribution is 2.19. The Hall–Kier alpha value is -1.84. The molecule has 1 rings (SSSR count). The average Bonchev–Trinajstić information content (AvgIpc) is 2.44. The number of rotatable bonds is 8. The van der Waals surface area contributed by atoms with Crippen LogP contribution in [0.4, 0.5) is 10.5 Å². The Morgan fingerprint density at radius 2 is 1.83 bits per heavy atom. The van der Waals surface area contributed by atoms with Crippen LogP contribution >= 0.6 is 0 Å². The summed E-state index contributed by atoms with van der Waals surface area (Å²) in [6, 6.07) is 5.78. The van der Waals surface area contributed by atoms with Gasteiger partial charge in [0.1, 0.15) is 0 Å². The van der Waals surface area contributed by atoms with E-state index in [2.05, 4.69) is 0 Å². The molecule has 0 fully saturated rings. The van der Waals surface area contributed by atoms with Crippen LogP contribution in [0.3, 0.4) is 0 Å². The van der Waals surface area contributed by atoms with Crippen molar-refractivity contribution in [2.45, 2.75) is 24.8 Å². The molecule has 0 saturated carbocycles. The first-order valence-electron chi connectivity index (χ1n) is 7.13. The van der Waals surface area contributed by atoms with Crippen molar-refractivity contribution in [1.82, 2.24) is 9.62 Å². The van der Waals surface area contributed by atoms with Gasteiger partial charge in [-0.3, -0.25) is 0 Å². The van der Waals surface area contributed by atoms with Crippen LogP contribution in [0.25, 0.3) is 0 Å². The minimum Gasteiger partial charge on any atom is -0.465 e. The number of nitrogens with zero attached hydrogens (tertiary/aromatic N) is 1. The molecular weight excluding hydrogens is 322 g/mol. The topological polar surface area (TPSA) is 133 Å². The minimum atomic E-state index is -3.80. The Labute approximate surface area is 136 Å². The molecule has 0 spiro atoms. The quantitative estimate of drug-likeness (QED) is 0.508. The van der Waals surface area contributed by atoms with Crippen molar-refractivity contribution in [3.63, 3.8) is 0 Å². The minimum absolute atomic E-state index is 0.0400. The molecule has 9 heteroatoms. The smallest absolute Gasteiger partial charge is 0.404 e. The van der Waals surface area contributed by atoms with E-state index in [-0.39, 0.29) is 30.4 Å². The van der Waals surface area contributed by atoms with Crippen molar-refractivity contribution in [1.29, 1.82) is 0 Å². The van der Waals surface area contributed by atoms with Gasteiger partial charge in [-0.15, -0.1) is 0 Å². The van der Waals surface area contributed by atoms with Crippen LogP contribution in [0.1, 0.15) is 13.8 Å². The normalized spacial score (nSPS) is 13.3. The van der Waals surface area contributed by atoms with Crippen LogP contribution in [-0.4, -0.2) is 54.8 Å². The molecule has 0 aliphatic rings. The fourth-order valence-electron chi connectivity index (χ4n) is 1.97. The number of nitrogen functional groups attached to an aromatic ring is 1. The van der Waals surface area contributed by atoms with Gasteiger partial charge < -0.3 is 21.3 Å². The molecule has 130 valence electrons. The molecule has 5 N–H and O–H groups in total. The zero-order chi connectivity index (χ0) is 17.6. The van der Waals surface area contributed by atoms with Crippen molar-refractivity contribution in [3.05, 3.63) is 24.3 Å². The number of sulfonamides is 1. The summed E-state index contributed by atoms with van der Waals surface area (Å²) < 4.78 is 26.5. The van der Waals surface area contributed by atoms with E-state index in [4.69, 9.17) is 10.8 Å². The number of carbonyl (C=O) groups is 1. The van der Waals surface area contributed by atoms with E-state index >= 15 is 0 Å². The molecule has 1 aromatic carbocycles. The zero-order valence-corrected chi connectivity index (χ0v) is 14.0. The molecule has 0 radical (unpaired) electrons. The Balaban J connectivity index is 2.95. The van der Waals surface area contributed by atoms with Crippen molar-refractivity contribution in [2.75, 3.05) is 25.4 Å². The van der Waals surface area contributed by atoms with Crippen LogP contribution < -0.4 is 11.1 Å². The van der Waals surface area contributed by atoms with Gasteiger partial charge in [-0.1, -0.05) is 13.8 Å². The molecule has 1 aromatic rings. The maximum Gasteiger partial charge on any atom is 0.404 e. The number of anilines is 1. The number of carboxylic acid groups (broad SMARTS) is 1. The lowest BCUT2D eigenvalue weighted by molar-refractivity contribution is 0.134. The highest BCUT2D eigenvalue weighted by Gasteiger charge is 2.27. The Morgan fingerprint density at radius 1 is 1.26 bits per heavy atom. The number of hydrogen-bond acceptors (Lipinski definition) is 5.